The minimum atomic E-state index is 0.429. The fourth-order valence-electron chi connectivity index (χ4n) is 3.30. The molecule has 0 radical (unpaired) electrons. The van der Waals surface area contributed by atoms with E-state index < -0.39 is 0 Å². The quantitative estimate of drug-likeness (QED) is 0.655. The molecule has 2 saturated heterocycles. The smallest absolute Gasteiger partial charge is 0.0175 e. The average molecular weight is 283 g/mol. The molecular formula is C18H38N2. The average Bonchev–Trinajstić information content (AvgIpc) is 2.35. The lowest BCUT2D eigenvalue weighted by molar-refractivity contribution is 0.0546. The van der Waals surface area contributed by atoms with Gasteiger partial charge in [-0.3, -0.25) is 0 Å². The summed E-state index contributed by atoms with van der Waals surface area (Å²) < 4.78 is 0. The fourth-order valence-corrected chi connectivity index (χ4v) is 3.30. The number of piperidine rings is 2. The summed E-state index contributed by atoms with van der Waals surface area (Å²) in [6.45, 7) is 16.6. The van der Waals surface area contributed by atoms with Crippen molar-refractivity contribution in [1.29, 1.82) is 0 Å². The molecule has 2 heterocycles. The Morgan fingerprint density at radius 2 is 1.00 bits per heavy atom. The molecule has 0 N–H and O–H groups in total. The van der Waals surface area contributed by atoms with Crippen LogP contribution in [0.25, 0.3) is 0 Å². The van der Waals surface area contributed by atoms with E-state index in [0.29, 0.717) is 11.1 Å². The third-order valence-electron chi connectivity index (χ3n) is 6.64. The van der Waals surface area contributed by atoms with Crippen molar-refractivity contribution in [3.63, 3.8) is 0 Å². The molecule has 0 spiro atoms. The van der Waals surface area contributed by atoms with Crippen molar-refractivity contribution in [1.82, 2.24) is 9.80 Å². The topological polar surface area (TPSA) is 6.48 Å². The van der Waals surface area contributed by atoms with Crippen LogP contribution in [0.5, 0.6) is 0 Å². The molecule has 2 atom stereocenters. The Hall–Kier alpha value is -0.0800. The van der Waals surface area contributed by atoms with Gasteiger partial charge in [-0.1, -0.05) is 13.8 Å². The van der Waals surface area contributed by atoms with Gasteiger partial charge in [0.2, 0.25) is 0 Å². The first-order valence-corrected chi connectivity index (χ1v) is 8.52. The third kappa shape index (κ3) is 3.98. The summed E-state index contributed by atoms with van der Waals surface area (Å²) in [5.74, 6) is 1.71. The first-order chi connectivity index (χ1) is 9.10. The Morgan fingerprint density at radius 1 is 0.700 bits per heavy atom. The highest BCUT2D eigenvalue weighted by molar-refractivity contribution is 4.89. The van der Waals surface area contributed by atoms with E-state index in [0.717, 1.165) is 11.8 Å². The molecule has 120 valence electrons. The zero-order valence-electron chi connectivity index (χ0n) is 15.3. The van der Waals surface area contributed by atoms with Gasteiger partial charge < -0.3 is 9.80 Å². The van der Waals surface area contributed by atoms with Crippen LogP contribution in [0, 0.1) is 11.8 Å². The van der Waals surface area contributed by atoms with E-state index in [1.807, 2.05) is 0 Å². The Morgan fingerprint density at radius 3 is 1.20 bits per heavy atom. The maximum absolute atomic E-state index is 2.47. The minimum Gasteiger partial charge on any atom is -0.301 e. The molecule has 2 fully saturated rings. The number of hydrogen-bond donors (Lipinski definition) is 0. The van der Waals surface area contributed by atoms with Gasteiger partial charge in [0.25, 0.3) is 0 Å². The van der Waals surface area contributed by atoms with Crippen molar-refractivity contribution < 1.29 is 0 Å². The predicted molar refractivity (Wildman–Crippen MR) is 90.2 cm³/mol. The van der Waals surface area contributed by atoms with Gasteiger partial charge in [-0.25, -0.2) is 0 Å². The minimum absolute atomic E-state index is 0.429. The van der Waals surface area contributed by atoms with Gasteiger partial charge in [0, 0.05) is 11.1 Å². The number of hydrogen-bond acceptors (Lipinski definition) is 2. The molecule has 0 saturated carbocycles. The van der Waals surface area contributed by atoms with E-state index >= 15 is 0 Å². The third-order valence-corrected chi connectivity index (χ3v) is 6.64. The summed E-state index contributed by atoms with van der Waals surface area (Å²) in [6, 6.07) is 0. The van der Waals surface area contributed by atoms with Crippen LogP contribution >= 0.6 is 0 Å². The SMILES string of the molecule is CC1CCCN(C)C1(C)C.CC1CCCN(C)C1(C)C. The lowest BCUT2D eigenvalue weighted by Gasteiger charge is -2.44. The molecule has 2 heteroatoms. The van der Waals surface area contributed by atoms with Crippen LogP contribution in [-0.2, 0) is 0 Å². The second-order valence-electron chi connectivity index (χ2n) is 8.24. The lowest BCUT2D eigenvalue weighted by Crippen LogP contribution is -2.49. The monoisotopic (exact) mass is 282 g/mol. The van der Waals surface area contributed by atoms with Crippen LogP contribution < -0.4 is 0 Å². The van der Waals surface area contributed by atoms with Gasteiger partial charge in [0.1, 0.15) is 0 Å². The maximum atomic E-state index is 2.47. The molecule has 0 aromatic carbocycles. The van der Waals surface area contributed by atoms with Crippen molar-refractivity contribution in [2.24, 2.45) is 11.8 Å². The fraction of sp³-hybridized carbons (Fsp3) is 1.00. The van der Waals surface area contributed by atoms with Gasteiger partial charge in [0.15, 0.2) is 0 Å². The molecule has 2 aliphatic rings. The highest BCUT2D eigenvalue weighted by Gasteiger charge is 2.33. The largest absolute Gasteiger partial charge is 0.301 e. The zero-order chi connectivity index (χ0) is 15.6. The molecule has 0 aliphatic carbocycles. The van der Waals surface area contributed by atoms with Gasteiger partial charge in [-0.05, 0) is 92.4 Å². The van der Waals surface area contributed by atoms with Gasteiger partial charge in [-0.2, -0.15) is 0 Å². The van der Waals surface area contributed by atoms with E-state index in [2.05, 4.69) is 65.4 Å². The van der Waals surface area contributed by atoms with Crippen LogP contribution in [0.1, 0.15) is 67.2 Å². The van der Waals surface area contributed by atoms with Crippen molar-refractivity contribution in [2.75, 3.05) is 27.2 Å². The number of nitrogens with zero attached hydrogens (tertiary/aromatic N) is 2. The summed E-state index contributed by atoms with van der Waals surface area (Å²) in [7, 11) is 4.46. The number of rotatable bonds is 0. The first-order valence-electron chi connectivity index (χ1n) is 8.52. The van der Waals surface area contributed by atoms with E-state index in [4.69, 9.17) is 0 Å². The predicted octanol–water partition coefficient (Wildman–Crippen LogP) is 4.25. The standard InChI is InChI=1S/2C9H19N/c2*1-8-6-5-7-10(4)9(8,2)3/h2*8H,5-7H2,1-4H3. The Kier molecular flexibility index (Phi) is 6.10. The first kappa shape index (κ1) is 18.0. The number of likely N-dealkylation sites (tertiary alicyclic amines) is 2. The highest BCUT2D eigenvalue weighted by atomic mass is 15.2. The van der Waals surface area contributed by atoms with Crippen molar-refractivity contribution in [2.45, 2.75) is 78.3 Å². The van der Waals surface area contributed by atoms with Gasteiger partial charge >= 0.3 is 0 Å². The summed E-state index contributed by atoms with van der Waals surface area (Å²) >= 11 is 0. The van der Waals surface area contributed by atoms with E-state index in [9.17, 15) is 0 Å². The van der Waals surface area contributed by atoms with Crippen LogP contribution in [0.4, 0.5) is 0 Å². The van der Waals surface area contributed by atoms with Gasteiger partial charge in [0.05, 0.1) is 0 Å². The Labute approximate surface area is 127 Å². The van der Waals surface area contributed by atoms with Crippen LogP contribution in [0.2, 0.25) is 0 Å². The second-order valence-corrected chi connectivity index (χ2v) is 8.24. The molecule has 0 bridgehead atoms. The zero-order valence-corrected chi connectivity index (χ0v) is 15.3. The summed E-state index contributed by atoms with van der Waals surface area (Å²) in [6.07, 6.45) is 5.55. The Balaban J connectivity index is 0.000000200. The molecule has 0 aromatic heterocycles. The van der Waals surface area contributed by atoms with Crippen molar-refractivity contribution >= 4 is 0 Å². The van der Waals surface area contributed by atoms with Crippen LogP contribution in [0.15, 0.2) is 0 Å². The molecule has 20 heavy (non-hydrogen) atoms. The second kappa shape index (κ2) is 6.79. The summed E-state index contributed by atoms with van der Waals surface area (Å²) in [5.41, 5.74) is 0.858. The summed E-state index contributed by atoms with van der Waals surface area (Å²) in [4.78, 5) is 4.95. The Bertz CT molecular complexity index is 242. The van der Waals surface area contributed by atoms with E-state index in [-0.39, 0.29) is 0 Å². The van der Waals surface area contributed by atoms with Gasteiger partial charge in [-0.15, -0.1) is 0 Å². The van der Waals surface area contributed by atoms with Crippen molar-refractivity contribution in [3.05, 3.63) is 0 Å². The summed E-state index contributed by atoms with van der Waals surface area (Å²) in [5, 5.41) is 0. The maximum Gasteiger partial charge on any atom is 0.0175 e. The van der Waals surface area contributed by atoms with Crippen LogP contribution in [0.3, 0.4) is 0 Å². The van der Waals surface area contributed by atoms with E-state index in [1.165, 1.54) is 38.8 Å². The molecule has 2 nitrogen and oxygen atoms in total. The molecule has 2 unspecified atom stereocenters. The van der Waals surface area contributed by atoms with E-state index in [1.54, 1.807) is 0 Å². The molecule has 0 aromatic rings. The van der Waals surface area contributed by atoms with Crippen molar-refractivity contribution in [3.8, 4) is 0 Å². The normalized spacial score (nSPS) is 34.2. The highest BCUT2D eigenvalue weighted by Crippen LogP contribution is 2.31. The van der Waals surface area contributed by atoms with Crippen LogP contribution in [-0.4, -0.2) is 48.1 Å². The molecule has 2 rings (SSSR count). The molecule has 0 amide bonds. The molecular weight excluding hydrogens is 244 g/mol. The molecule has 2 aliphatic heterocycles. The lowest BCUT2D eigenvalue weighted by atomic mass is 9.81.